The van der Waals surface area contributed by atoms with Crippen LogP contribution in [0.1, 0.15) is 25.5 Å². The summed E-state index contributed by atoms with van der Waals surface area (Å²) in [6, 6.07) is 2.77. The Labute approximate surface area is 124 Å². The molecule has 1 aromatic carbocycles. The summed E-state index contributed by atoms with van der Waals surface area (Å²) in [6.45, 7) is 4.02. The number of amides is 1. The van der Waals surface area contributed by atoms with Gasteiger partial charge in [0, 0.05) is 25.1 Å². The fraction of sp³-hybridized carbons (Fsp3) is 0.500. The average molecular weight is 307 g/mol. The van der Waals surface area contributed by atoms with Gasteiger partial charge in [0.1, 0.15) is 11.6 Å². The van der Waals surface area contributed by atoms with Crippen LogP contribution in [0.15, 0.2) is 18.2 Å². The Kier molecular flexibility index (Phi) is 7.68. The van der Waals surface area contributed by atoms with Crippen molar-refractivity contribution in [1.29, 1.82) is 0 Å². The fourth-order valence-corrected chi connectivity index (χ4v) is 1.98. The average Bonchev–Trinajstić information content (AvgIpc) is 2.39. The van der Waals surface area contributed by atoms with Crippen molar-refractivity contribution in [3.63, 3.8) is 0 Å². The molecule has 1 amide bonds. The lowest BCUT2D eigenvalue weighted by molar-refractivity contribution is -0.135. The summed E-state index contributed by atoms with van der Waals surface area (Å²) in [5.74, 6) is -1.33. The molecule has 0 aliphatic heterocycles. The van der Waals surface area contributed by atoms with Gasteiger partial charge in [-0.2, -0.15) is 0 Å². The third-order valence-corrected chi connectivity index (χ3v) is 3.27. The van der Waals surface area contributed by atoms with Gasteiger partial charge in [0.2, 0.25) is 5.91 Å². The molecule has 0 fully saturated rings. The van der Waals surface area contributed by atoms with E-state index in [0.29, 0.717) is 6.54 Å². The van der Waals surface area contributed by atoms with Crippen LogP contribution in [0.3, 0.4) is 0 Å². The van der Waals surface area contributed by atoms with Gasteiger partial charge in [-0.3, -0.25) is 4.79 Å². The predicted octanol–water partition coefficient (Wildman–Crippen LogP) is 2.76. The Morgan fingerprint density at radius 1 is 1.35 bits per heavy atom. The van der Waals surface area contributed by atoms with Gasteiger partial charge in [0.25, 0.3) is 0 Å². The number of nitrogens with one attached hydrogen (secondary N) is 1. The minimum atomic E-state index is -0.512. The SMILES string of the molecule is CNCC(C)C(=O)N(C)C(C)c1cc(F)ccc1F.Cl. The standard InChI is InChI=1S/C14H20F2N2O.ClH/c1-9(8-17-3)14(19)18(4)10(2)12-7-11(15)5-6-13(12)16;/h5-7,9-10,17H,8H2,1-4H3;1H. The number of nitrogens with zero attached hydrogens (tertiary/aromatic N) is 1. The van der Waals surface area contributed by atoms with E-state index in [9.17, 15) is 13.6 Å². The molecule has 3 nitrogen and oxygen atoms in total. The zero-order valence-electron chi connectivity index (χ0n) is 12.1. The van der Waals surface area contributed by atoms with Crippen molar-refractivity contribution in [2.45, 2.75) is 19.9 Å². The van der Waals surface area contributed by atoms with Gasteiger partial charge in [-0.05, 0) is 32.2 Å². The molecule has 1 N–H and O–H groups in total. The highest BCUT2D eigenvalue weighted by atomic mass is 35.5. The van der Waals surface area contributed by atoms with E-state index in [1.165, 1.54) is 4.90 Å². The van der Waals surface area contributed by atoms with E-state index in [-0.39, 0.29) is 29.8 Å². The van der Waals surface area contributed by atoms with E-state index in [2.05, 4.69) is 5.32 Å². The zero-order chi connectivity index (χ0) is 14.6. The van der Waals surface area contributed by atoms with Crippen LogP contribution in [-0.2, 0) is 4.79 Å². The van der Waals surface area contributed by atoms with Crippen molar-refractivity contribution in [3.05, 3.63) is 35.4 Å². The minimum absolute atomic E-state index is 0. The zero-order valence-corrected chi connectivity index (χ0v) is 12.9. The Balaban J connectivity index is 0.00000361. The van der Waals surface area contributed by atoms with Crippen molar-refractivity contribution in [3.8, 4) is 0 Å². The summed E-state index contributed by atoms with van der Waals surface area (Å²) >= 11 is 0. The monoisotopic (exact) mass is 306 g/mol. The van der Waals surface area contributed by atoms with Crippen LogP contribution in [0.2, 0.25) is 0 Å². The van der Waals surface area contributed by atoms with E-state index >= 15 is 0 Å². The number of hydrogen-bond donors (Lipinski definition) is 1. The Bertz CT molecular complexity index is 457. The van der Waals surface area contributed by atoms with Gasteiger partial charge in [-0.25, -0.2) is 8.78 Å². The Hall–Kier alpha value is -1.20. The third-order valence-electron chi connectivity index (χ3n) is 3.27. The van der Waals surface area contributed by atoms with E-state index < -0.39 is 17.7 Å². The van der Waals surface area contributed by atoms with Gasteiger partial charge in [-0.15, -0.1) is 12.4 Å². The molecule has 1 aromatic rings. The van der Waals surface area contributed by atoms with Crippen LogP contribution in [0.4, 0.5) is 8.78 Å². The predicted molar refractivity (Wildman–Crippen MR) is 77.9 cm³/mol. The summed E-state index contributed by atoms with van der Waals surface area (Å²) in [5, 5.41) is 2.92. The molecule has 0 bridgehead atoms. The van der Waals surface area contributed by atoms with E-state index in [1.54, 1.807) is 27.9 Å². The highest BCUT2D eigenvalue weighted by Gasteiger charge is 2.24. The van der Waals surface area contributed by atoms with Gasteiger partial charge >= 0.3 is 0 Å². The normalized spacial score (nSPS) is 13.3. The number of carbonyl (C=O) groups is 1. The largest absolute Gasteiger partial charge is 0.339 e. The minimum Gasteiger partial charge on any atom is -0.339 e. The van der Waals surface area contributed by atoms with Crippen LogP contribution in [-0.4, -0.2) is 31.4 Å². The third kappa shape index (κ3) is 4.42. The van der Waals surface area contributed by atoms with Gasteiger partial charge in [0.05, 0.1) is 6.04 Å². The van der Waals surface area contributed by atoms with E-state index in [0.717, 1.165) is 18.2 Å². The molecule has 20 heavy (non-hydrogen) atoms. The molecule has 1 rings (SSSR count). The number of carbonyl (C=O) groups excluding carboxylic acids is 1. The first-order valence-electron chi connectivity index (χ1n) is 6.24. The maximum Gasteiger partial charge on any atom is 0.226 e. The molecule has 0 aliphatic carbocycles. The molecule has 0 aromatic heterocycles. The van der Waals surface area contributed by atoms with Gasteiger partial charge in [0.15, 0.2) is 0 Å². The Morgan fingerprint density at radius 3 is 2.50 bits per heavy atom. The fourth-order valence-electron chi connectivity index (χ4n) is 1.98. The number of benzene rings is 1. The lowest BCUT2D eigenvalue weighted by Gasteiger charge is -2.28. The van der Waals surface area contributed by atoms with Crippen molar-refractivity contribution in [1.82, 2.24) is 10.2 Å². The van der Waals surface area contributed by atoms with E-state index in [1.807, 2.05) is 0 Å². The number of halogens is 3. The summed E-state index contributed by atoms with van der Waals surface area (Å²) < 4.78 is 26.8. The van der Waals surface area contributed by atoms with Crippen LogP contribution in [0, 0.1) is 17.6 Å². The molecular weight excluding hydrogens is 286 g/mol. The van der Waals surface area contributed by atoms with Crippen molar-refractivity contribution in [2.75, 3.05) is 20.6 Å². The molecule has 0 spiro atoms. The maximum atomic E-state index is 13.7. The first-order chi connectivity index (χ1) is 8.88. The van der Waals surface area contributed by atoms with Crippen LogP contribution in [0.5, 0.6) is 0 Å². The lowest BCUT2D eigenvalue weighted by atomic mass is 10.0. The molecule has 0 saturated heterocycles. The van der Waals surface area contributed by atoms with Crippen molar-refractivity contribution in [2.24, 2.45) is 5.92 Å². The highest BCUT2D eigenvalue weighted by molar-refractivity contribution is 5.85. The van der Waals surface area contributed by atoms with Crippen LogP contribution < -0.4 is 5.32 Å². The van der Waals surface area contributed by atoms with Crippen molar-refractivity contribution < 1.29 is 13.6 Å². The first-order valence-corrected chi connectivity index (χ1v) is 6.24. The Morgan fingerprint density at radius 2 is 1.95 bits per heavy atom. The lowest BCUT2D eigenvalue weighted by Crippen LogP contribution is -2.37. The molecule has 0 heterocycles. The second-order valence-corrected chi connectivity index (χ2v) is 4.75. The number of hydrogen-bond acceptors (Lipinski definition) is 2. The second-order valence-electron chi connectivity index (χ2n) is 4.75. The maximum absolute atomic E-state index is 13.7. The summed E-state index contributed by atoms with van der Waals surface area (Å²) in [4.78, 5) is 13.6. The summed E-state index contributed by atoms with van der Waals surface area (Å²) in [6.07, 6.45) is 0. The number of rotatable bonds is 5. The van der Waals surface area contributed by atoms with Gasteiger partial charge in [-0.1, -0.05) is 6.92 Å². The smallest absolute Gasteiger partial charge is 0.226 e. The summed E-state index contributed by atoms with van der Waals surface area (Å²) in [5.41, 5.74) is 0.188. The molecular formula is C14H21ClF2N2O. The topological polar surface area (TPSA) is 32.3 Å². The van der Waals surface area contributed by atoms with Crippen molar-refractivity contribution >= 4 is 18.3 Å². The van der Waals surface area contributed by atoms with Gasteiger partial charge < -0.3 is 10.2 Å². The molecule has 0 radical (unpaired) electrons. The molecule has 0 aliphatic rings. The molecule has 6 heteroatoms. The molecule has 114 valence electrons. The van der Waals surface area contributed by atoms with Crippen LogP contribution in [0.25, 0.3) is 0 Å². The van der Waals surface area contributed by atoms with E-state index in [4.69, 9.17) is 0 Å². The quantitative estimate of drug-likeness (QED) is 0.907. The first kappa shape index (κ1) is 18.8. The molecule has 2 atom stereocenters. The highest BCUT2D eigenvalue weighted by Crippen LogP contribution is 2.23. The second kappa shape index (κ2) is 8.17. The van der Waals surface area contributed by atoms with Crippen LogP contribution >= 0.6 is 12.4 Å². The molecule has 2 unspecified atom stereocenters. The summed E-state index contributed by atoms with van der Waals surface area (Å²) in [7, 11) is 3.36. The molecule has 0 saturated carbocycles.